The Bertz CT molecular complexity index is 320. The third kappa shape index (κ3) is 2.10. The molecule has 0 aliphatic rings. The van der Waals surface area contributed by atoms with Crippen molar-refractivity contribution in [3.63, 3.8) is 0 Å². The van der Waals surface area contributed by atoms with Gasteiger partial charge in [0, 0.05) is 5.56 Å². The second-order valence-corrected chi connectivity index (χ2v) is 2.24. The second kappa shape index (κ2) is 3.80. The van der Waals surface area contributed by atoms with E-state index in [9.17, 15) is 4.79 Å². The fourth-order valence-electron chi connectivity index (χ4n) is 0.655. The molecule has 0 unspecified atom stereocenters. The highest BCUT2D eigenvalue weighted by Crippen LogP contribution is 2.12. The van der Waals surface area contributed by atoms with Gasteiger partial charge >= 0.3 is 0 Å². The van der Waals surface area contributed by atoms with Gasteiger partial charge in [-0.3, -0.25) is 4.79 Å². The van der Waals surface area contributed by atoms with Crippen LogP contribution in [0.1, 0.15) is 5.56 Å². The third-order valence-electron chi connectivity index (χ3n) is 1.12. The molecule has 0 N–H and O–H groups in total. The second-order valence-electron chi connectivity index (χ2n) is 1.83. The average molecular weight is 164 g/mol. The van der Waals surface area contributed by atoms with Gasteiger partial charge in [0.05, 0.1) is 5.02 Å². The number of halogens is 1. The van der Waals surface area contributed by atoms with E-state index in [-0.39, 0.29) is 0 Å². The minimum Gasteiger partial charge on any atom is -0.275 e. The first kappa shape index (κ1) is 7.84. The topological polar surface area (TPSA) is 17.1 Å². The smallest absolute Gasteiger partial charge is 0.275 e. The molecule has 0 atom stereocenters. The molecule has 0 bridgehead atoms. The maximum absolute atomic E-state index is 9.75. The molecule has 0 saturated heterocycles. The van der Waals surface area contributed by atoms with Crippen molar-refractivity contribution in [2.75, 3.05) is 0 Å². The Morgan fingerprint density at radius 2 is 2.00 bits per heavy atom. The number of benzene rings is 1. The van der Waals surface area contributed by atoms with Gasteiger partial charge < -0.3 is 0 Å². The summed E-state index contributed by atoms with van der Waals surface area (Å²) in [5, 5.41) is 0.551. The molecule has 0 heterocycles. The lowest BCUT2D eigenvalue weighted by Gasteiger charge is -1.90. The van der Waals surface area contributed by atoms with E-state index in [0.29, 0.717) is 10.6 Å². The van der Waals surface area contributed by atoms with Crippen LogP contribution < -0.4 is 0 Å². The summed E-state index contributed by atoms with van der Waals surface area (Å²) in [7, 11) is 0. The van der Waals surface area contributed by atoms with Gasteiger partial charge in [0.25, 0.3) is 6.29 Å². The summed E-state index contributed by atoms with van der Waals surface area (Å²) >= 11 is 5.73. The quantitative estimate of drug-likeness (QED) is 0.533. The normalized spacial score (nSPS) is 8.09. The molecule has 1 aromatic rings. The molecule has 1 rings (SSSR count). The maximum Gasteiger partial charge on any atom is 0.285 e. The molecule has 1 aromatic carbocycles. The molecule has 0 aromatic heterocycles. The number of hydrogen-bond acceptors (Lipinski definition) is 1. The number of hydrogen-bond donors (Lipinski definition) is 0. The van der Waals surface area contributed by atoms with Crippen LogP contribution in [0.2, 0.25) is 5.02 Å². The van der Waals surface area contributed by atoms with Crippen molar-refractivity contribution in [3.8, 4) is 11.8 Å². The lowest BCUT2D eigenvalue weighted by molar-refractivity contribution is 0.566. The average Bonchev–Trinajstić information content (AvgIpc) is 2.03. The van der Waals surface area contributed by atoms with Gasteiger partial charge in [-0.05, 0) is 18.1 Å². The molecule has 0 saturated carbocycles. The van der Waals surface area contributed by atoms with E-state index >= 15 is 0 Å². The summed E-state index contributed by atoms with van der Waals surface area (Å²) in [5.41, 5.74) is 0.650. The van der Waals surface area contributed by atoms with Crippen LogP contribution in [0.15, 0.2) is 24.3 Å². The van der Waals surface area contributed by atoms with E-state index in [0.717, 1.165) is 0 Å². The van der Waals surface area contributed by atoms with E-state index in [1.165, 1.54) is 6.29 Å². The fourth-order valence-corrected chi connectivity index (χ4v) is 0.838. The minimum atomic E-state index is 0.551. The van der Waals surface area contributed by atoms with Crippen molar-refractivity contribution in [1.29, 1.82) is 0 Å². The van der Waals surface area contributed by atoms with Crippen LogP contribution in [0.4, 0.5) is 0 Å². The van der Waals surface area contributed by atoms with Gasteiger partial charge in [0.1, 0.15) is 0 Å². The monoisotopic (exact) mass is 163 g/mol. The molecule has 0 amide bonds. The van der Waals surface area contributed by atoms with Gasteiger partial charge in [-0.1, -0.05) is 29.7 Å². The zero-order chi connectivity index (χ0) is 8.10. The van der Waals surface area contributed by atoms with Crippen molar-refractivity contribution in [3.05, 3.63) is 34.9 Å². The molecule has 0 fully saturated rings. The van der Waals surface area contributed by atoms with Gasteiger partial charge in [-0.2, -0.15) is 0 Å². The lowest BCUT2D eigenvalue weighted by atomic mass is 10.2. The summed E-state index contributed by atoms with van der Waals surface area (Å²) in [6, 6.07) is 7.07. The van der Waals surface area contributed by atoms with E-state index < -0.39 is 0 Å². The van der Waals surface area contributed by atoms with Crippen LogP contribution in [0.3, 0.4) is 0 Å². The molecule has 53 valence electrons. The predicted octanol–water partition coefficient (Wildman–Crippen LogP) is 1.80. The van der Waals surface area contributed by atoms with Gasteiger partial charge in [-0.25, -0.2) is 0 Å². The third-order valence-corrected chi connectivity index (χ3v) is 1.45. The van der Waals surface area contributed by atoms with Gasteiger partial charge in [-0.15, -0.1) is 0 Å². The summed E-state index contributed by atoms with van der Waals surface area (Å²) < 4.78 is 0. The number of carbonyl (C=O) groups excluding carboxylic acids is 1. The Balaban J connectivity index is 3.03. The molecule has 1 nitrogen and oxygen atoms in total. The summed E-state index contributed by atoms with van der Waals surface area (Å²) in [6.45, 7) is 0. The van der Waals surface area contributed by atoms with Crippen molar-refractivity contribution in [2.24, 2.45) is 0 Å². The first-order valence-corrected chi connectivity index (χ1v) is 3.35. The summed E-state index contributed by atoms with van der Waals surface area (Å²) in [4.78, 5) is 9.75. The highest BCUT2D eigenvalue weighted by molar-refractivity contribution is 6.31. The fraction of sp³-hybridized carbons (Fsp3) is 0. The van der Waals surface area contributed by atoms with Crippen molar-refractivity contribution in [1.82, 2.24) is 0 Å². The molecule has 1 radical (unpaired) electrons. The zero-order valence-corrected chi connectivity index (χ0v) is 6.35. The standard InChI is InChI=1S/C9H4ClO/c10-9-6-2-1-4-8(9)5-3-7-11/h1-2,4,6H. The Labute approximate surface area is 70.0 Å². The molecular formula is C9H4ClO. The lowest BCUT2D eigenvalue weighted by Crippen LogP contribution is -1.74. The highest BCUT2D eigenvalue weighted by atomic mass is 35.5. The Morgan fingerprint density at radius 1 is 1.27 bits per heavy atom. The van der Waals surface area contributed by atoms with Gasteiger partial charge in [0.2, 0.25) is 0 Å². The largest absolute Gasteiger partial charge is 0.285 e. The Morgan fingerprint density at radius 3 is 2.64 bits per heavy atom. The van der Waals surface area contributed by atoms with E-state index in [1.54, 1.807) is 24.3 Å². The molecule has 0 spiro atoms. The molecule has 11 heavy (non-hydrogen) atoms. The van der Waals surface area contributed by atoms with Crippen LogP contribution in [0.5, 0.6) is 0 Å². The van der Waals surface area contributed by atoms with Crippen molar-refractivity contribution < 1.29 is 4.79 Å². The SMILES string of the molecule is O=[C]C#Cc1ccccc1Cl. The van der Waals surface area contributed by atoms with Crippen molar-refractivity contribution in [2.45, 2.75) is 0 Å². The first-order chi connectivity index (χ1) is 5.34. The van der Waals surface area contributed by atoms with E-state index in [4.69, 9.17) is 11.6 Å². The Hall–Kier alpha value is -1.26. The van der Waals surface area contributed by atoms with Crippen LogP contribution in [-0.2, 0) is 4.79 Å². The summed E-state index contributed by atoms with van der Waals surface area (Å²) in [5.74, 6) is 4.72. The summed E-state index contributed by atoms with van der Waals surface area (Å²) in [6.07, 6.45) is 1.47. The Kier molecular flexibility index (Phi) is 2.71. The van der Waals surface area contributed by atoms with Crippen LogP contribution in [-0.4, -0.2) is 6.29 Å². The zero-order valence-electron chi connectivity index (χ0n) is 5.60. The van der Waals surface area contributed by atoms with E-state index in [2.05, 4.69) is 11.8 Å². The van der Waals surface area contributed by atoms with Crippen LogP contribution in [0.25, 0.3) is 0 Å². The van der Waals surface area contributed by atoms with Crippen molar-refractivity contribution >= 4 is 17.9 Å². The molecule has 0 aliphatic heterocycles. The minimum absolute atomic E-state index is 0.551. The predicted molar refractivity (Wildman–Crippen MR) is 44.0 cm³/mol. The van der Waals surface area contributed by atoms with Crippen LogP contribution >= 0.6 is 11.6 Å². The molecule has 0 aliphatic carbocycles. The maximum atomic E-state index is 9.75. The van der Waals surface area contributed by atoms with Gasteiger partial charge in [0.15, 0.2) is 0 Å². The first-order valence-electron chi connectivity index (χ1n) is 2.97. The molecular weight excluding hydrogens is 160 g/mol. The molecule has 2 heteroatoms. The number of rotatable bonds is 0. The van der Waals surface area contributed by atoms with Crippen LogP contribution in [0, 0.1) is 11.8 Å². The van der Waals surface area contributed by atoms with E-state index in [1.807, 2.05) is 0 Å². The highest BCUT2D eigenvalue weighted by Gasteiger charge is 1.91.